The Kier molecular flexibility index (Phi) is 5.26. The van der Waals surface area contributed by atoms with Gasteiger partial charge < -0.3 is 14.7 Å². The molecule has 0 aliphatic carbocycles. The lowest BCUT2D eigenvalue weighted by atomic mass is 9.78. The maximum absolute atomic E-state index is 10.2. The van der Waals surface area contributed by atoms with Crippen molar-refractivity contribution in [1.29, 1.82) is 0 Å². The van der Waals surface area contributed by atoms with Crippen LogP contribution in [-0.2, 0) is 0 Å². The smallest absolute Gasteiger partial charge is 0.129 e. The predicted molar refractivity (Wildman–Crippen MR) is 109 cm³/mol. The molecule has 2 aromatic carbocycles. The summed E-state index contributed by atoms with van der Waals surface area (Å²) in [5.74, 6) is 1.88. The molecule has 4 heteroatoms. The van der Waals surface area contributed by atoms with Gasteiger partial charge in [-0.2, -0.15) is 0 Å². The summed E-state index contributed by atoms with van der Waals surface area (Å²) in [6.45, 7) is 2.58. The molecule has 140 valence electrons. The van der Waals surface area contributed by atoms with Crippen molar-refractivity contribution in [3.05, 3.63) is 66.7 Å². The van der Waals surface area contributed by atoms with E-state index in [0.29, 0.717) is 6.61 Å². The van der Waals surface area contributed by atoms with Crippen molar-refractivity contribution in [2.45, 2.75) is 19.3 Å². The van der Waals surface area contributed by atoms with Gasteiger partial charge in [0.05, 0.1) is 18.7 Å². The summed E-state index contributed by atoms with van der Waals surface area (Å²) < 4.78 is 5.89. The highest BCUT2D eigenvalue weighted by Gasteiger charge is 2.35. The van der Waals surface area contributed by atoms with E-state index in [-0.39, 0.29) is 12.0 Å². The van der Waals surface area contributed by atoms with Gasteiger partial charge in [0, 0.05) is 23.9 Å². The zero-order chi connectivity index (χ0) is 18.5. The van der Waals surface area contributed by atoms with Crippen LogP contribution in [0.15, 0.2) is 66.7 Å². The second-order valence-electron chi connectivity index (χ2n) is 7.46. The summed E-state index contributed by atoms with van der Waals surface area (Å²) in [5, 5.41) is 11.3. The third-order valence-corrected chi connectivity index (χ3v) is 5.55. The number of fused-ring (bicyclic) bond motifs is 1. The van der Waals surface area contributed by atoms with Crippen LogP contribution in [-0.4, -0.2) is 36.4 Å². The molecule has 0 amide bonds. The average Bonchev–Trinajstić information content (AvgIpc) is 2.74. The molecule has 1 unspecified atom stereocenters. The number of anilines is 1. The van der Waals surface area contributed by atoms with E-state index in [4.69, 9.17) is 9.72 Å². The molecule has 1 aliphatic heterocycles. The van der Waals surface area contributed by atoms with E-state index in [9.17, 15) is 5.11 Å². The fraction of sp³-hybridized carbons (Fsp3) is 0.348. The van der Waals surface area contributed by atoms with Crippen LogP contribution in [0.5, 0.6) is 5.75 Å². The largest absolute Gasteiger partial charge is 0.494 e. The van der Waals surface area contributed by atoms with Gasteiger partial charge in [0.25, 0.3) is 0 Å². The number of para-hydroxylation sites is 2. The third kappa shape index (κ3) is 4.06. The Morgan fingerprint density at radius 2 is 1.81 bits per heavy atom. The number of hydrogen-bond acceptors (Lipinski definition) is 4. The highest BCUT2D eigenvalue weighted by molar-refractivity contribution is 5.80. The maximum atomic E-state index is 10.2. The number of benzene rings is 2. The SMILES string of the molecule is OCC1(CCOc2ccccc2)CCCN(c2ccc3ccccc3n2)C1. The van der Waals surface area contributed by atoms with Crippen LogP contribution in [0.2, 0.25) is 0 Å². The van der Waals surface area contributed by atoms with Crippen molar-refractivity contribution >= 4 is 16.7 Å². The molecule has 4 nitrogen and oxygen atoms in total. The number of nitrogens with zero attached hydrogens (tertiary/aromatic N) is 2. The number of piperidine rings is 1. The normalized spacial score (nSPS) is 20.0. The molecule has 0 saturated carbocycles. The van der Waals surface area contributed by atoms with Gasteiger partial charge in [-0.25, -0.2) is 4.98 Å². The van der Waals surface area contributed by atoms with Crippen LogP contribution in [0.1, 0.15) is 19.3 Å². The number of aliphatic hydroxyl groups excluding tert-OH is 1. The zero-order valence-corrected chi connectivity index (χ0v) is 15.6. The molecule has 2 heterocycles. The van der Waals surface area contributed by atoms with Gasteiger partial charge in [-0.15, -0.1) is 0 Å². The van der Waals surface area contributed by atoms with Gasteiger partial charge in [0.2, 0.25) is 0 Å². The van der Waals surface area contributed by atoms with Crippen molar-refractivity contribution in [3.8, 4) is 5.75 Å². The van der Waals surface area contributed by atoms with Crippen LogP contribution in [0.25, 0.3) is 10.9 Å². The Hall–Kier alpha value is -2.59. The highest BCUT2D eigenvalue weighted by Crippen LogP contribution is 2.35. The Morgan fingerprint density at radius 3 is 2.67 bits per heavy atom. The first-order valence-electron chi connectivity index (χ1n) is 9.68. The molecule has 4 rings (SSSR count). The minimum atomic E-state index is -0.139. The highest BCUT2D eigenvalue weighted by atomic mass is 16.5. The first kappa shape index (κ1) is 17.8. The molecule has 0 spiro atoms. The van der Waals surface area contributed by atoms with E-state index in [1.165, 1.54) is 0 Å². The summed E-state index contributed by atoms with van der Waals surface area (Å²) >= 11 is 0. The zero-order valence-electron chi connectivity index (χ0n) is 15.6. The molecule has 1 fully saturated rings. The Morgan fingerprint density at radius 1 is 1.00 bits per heavy atom. The average molecular weight is 362 g/mol. The summed E-state index contributed by atoms with van der Waals surface area (Å²) in [5.41, 5.74) is 0.878. The number of ether oxygens (including phenoxy) is 1. The van der Waals surface area contributed by atoms with E-state index in [0.717, 1.165) is 54.8 Å². The van der Waals surface area contributed by atoms with E-state index in [2.05, 4.69) is 29.2 Å². The molecule has 1 aromatic heterocycles. The fourth-order valence-electron chi connectivity index (χ4n) is 3.95. The molecule has 0 bridgehead atoms. The lowest BCUT2D eigenvalue weighted by Crippen LogP contribution is -2.46. The van der Waals surface area contributed by atoms with E-state index in [1.54, 1.807) is 0 Å². The number of aliphatic hydroxyl groups is 1. The monoisotopic (exact) mass is 362 g/mol. The van der Waals surface area contributed by atoms with Gasteiger partial charge in [0.15, 0.2) is 0 Å². The second-order valence-corrected chi connectivity index (χ2v) is 7.46. The van der Waals surface area contributed by atoms with Crippen molar-refractivity contribution in [2.75, 3.05) is 31.2 Å². The van der Waals surface area contributed by atoms with Gasteiger partial charge in [-0.1, -0.05) is 36.4 Å². The molecule has 1 atom stereocenters. The number of pyridine rings is 1. The maximum Gasteiger partial charge on any atom is 0.129 e. The van der Waals surface area contributed by atoms with Crippen molar-refractivity contribution in [1.82, 2.24) is 4.98 Å². The van der Waals surface area contributed by atoms with Crippen LogP contribution in [0, 0.1) is 5.41 Å². The molecule has 1 aliphatic rings. The van der Waals surface area contributed by atoms with Crippen LogP contribution >= 0.6 is 0 Å². The Balaban J connectivity index is 1.45. The summed E-state index contributed by atoms with van der Waals surface area (Å²) in [6, 6.07) is 22.3. The first-order valence-corrected chi connectivity index (χ1v) is 9.68. The molecular weight excluding hydrogens is 336 g/mol. The summed E-state index contributed by atoms with van der Waals surface area (Å²) in [6.07, 6.45) is 2.91. The van der Waals surface area contributed by atoms with Crippen LogP contribution < -0.4 is 9.64 Å². The first-order chi connectivity index (χ1) is 13.3. The van der Waals surface area contributed by atoms with Crippen LogP contribution in [0.4, 0.5) is 5.82 Å². The topological polar surface area (TPSA) is 45.6 Å². The number of rotatable bonds is 6. The van der Waals surface area contributed by atoms with E-state index >= 15 is 0 Å². The van der Waals surface area contributed by atoms with Gasteiger partial charge in [0.1, 0.15) is 11.6 Å². The summed E-state index contributed by atoms with van der Waals surface area (Å²) in [4.78, 5) is 7.15. The molecule has 1 N–H and O–H groups in total. The molecule has 0 radical (unpaired) electrons. The minimum absolute atomic E-state index is 0.139. The van der Waals surface area contributed by atoms with Crippen molar-refractivity contribution < 1.29 is 9.84 Å². The Labute approximate surface area is 160 Å². The molecule has 27 heavy (non-hydrogen) atoms. The lowest BCUT2D eigenvalue weighted by molar-refractivity contribution is 0.0792. The number of aromatic nitrogens is 1. The predicted octanol–water partition coefficient (Wildman–Crippen LogP) is 4.28. The number of hydrogen-bond donors (Lipinski definition) is 1. The van der Waals surface area contributed by atoms with Gasteiger partial charge in [-0.3, -0.25) is 0 Å². The van der Waals surface area contributed by atoms with Crippen molar-refractivity contribution in [3.63, 3.8) is 0 Å². The molecule has 3 aromatic rings. The quantitative estimate of drug-likeness (QED) is 0.711. The van der Waals surface area contributed by atoms with Gasteiger partial charge in [-0.05, 0) is 49.6 Å². The second kappa shape index (κ2) is 7.97. The van der Waals surface area contributed by atoms with Crippen LogP contribution in [0.3, 0.4) is 0 Å². The van der Waals surface area contributed by atoms with Gasteiger partial charge >= 0.3 is 0 Å². The van der Waals surface area contributed by atoms with E-state index in [1.807, 2.05) is 42.5 Å². The fourth-order valence-corrected chi connectivity index (χ4v) is 3.95. The van der Waals surface area contributed by atoms with E-state index < -0.39 is 0 Å². The Bertz CT molecular complexity index is 884. The molecular formula is C23H26N2O2. The van der Waals surface area contributed by atoms with Crippen molar-refractivity contribution in [2.24, 2.45) is 5.41 Å². The third-order valence-electron chi connectivity index (χ3n) is 5.55. The molecule has 1 saturated heterocycles. The summed E-state index contributed by atoms with van der Waals surface area (Å²) in [7, 11) is 0. The lowest BCUT2D eigenvalue weighted by Gasteiger charge is -2.42. The minimum Gasteiger partial charge on any atom is -0.494 e. The standard InChI is InChI=1S/C23H26N2O2/c26-18-23(14-16-27-20-8-2-1-3-9-20)13-6-15-25(17-23)22-12-11-19-7-4-5-10-21(19)24-22/h1-5,7-12,26H,6,13-18H2.